The van der Waals surface area contributed by atoms with Crippen LogP contribution in [0.3, 0.4) is 0 Å². The second-order valence-electron chi connectivity index (χ2n) is 3.94. The highest BCUT2D eigenvalue weighted by atomic mass is 19.4. The lowest BCUT2D eigenvalue weighted by atomic mass is 10.0. The maximum Gasteiger partial charge on any atom is 0.405 e. The van der Waals surface area contributed by atoms with E-state index >= 15 is 0 Å². The van der Waals surface area contributed by atoms with Crippen molar-refractivity contribution in [3.05, 3.63) is 0 Å². The molecule has 6 heteroatoms. The predicted octanol–water partition coefficient (Wildman–Crippen LogP) is 1.95. The molecule has 0 saturated heterocycles. The van der Waals surface area contributed by atoms with Crippen LogP contribution in [0, 0.1) is 23.2 Å². The summed E-state index contributed by atoms with van der Waals surface area (Å²) in [7, 11) is 1.49. The molecule has 0 aromatic rings. The third-order valence-electron chi connectivity index (χ3n) is 2.29. The van der Waals surface area contributed by atoms with Crippen LogP contribution in [0.4, 0.5) is 13.2 Å². The van der Waals surface area contributed by atoms with E-state index in [9.17, 15) is 13.2 Å². The van der Waals surface area contributed by atoms with Crippen molar-refractivity contribution in [3.63, 3.8) is 0 Å². The molecule has 0 radical (unpaired) electrons. The van der Waals surface area contributed by atoms with Crippen molar-refractivity contribution < 1.29 is 17.9 Å². The molecule has 1 N–H and O–H groups in total. The van der Waals surface area contributed by atoms with Gasteiger partial charge in [0.2, 0.25) is 0 Å². The van der Waals surface area contributed by atoms with Gasteiger partial charge in [-0.3, -0.25) is 0 Å². The molecule has 3 nitrogen and oxygen atoms in total. The van der Waals surface area contributed by atoms with Gasteiger partial charge in [0, 0.05) is 19.7 Å². The molecule has 16 heavy (non-hydrogen) atoms. The molecule has 0 aliphatic rings. The first-order valence-corrected chi connectivity index (χ1v) is 5.01. The molecule has 0 fully saturated rings. The fraction of sp³-hybridized carbons (Fsp3) is 0.900. The van der Waals surface area contributed by atoms with Crippen molar-refractivity contribution in [1.82, 2.24) is 5.32 Å². The Morgan fingerprint density at radius 1 is 1.38 bits per heavy atom. The first kappa shape index (κ1) is 15.2. The summed E-state index contributed by atoms with van der Waals surface area (Å²) in [5.41, 5.74) is 0. The average Bonchev–Trinajstić information content (AvgIpc) is 2.14. The van der Waals surface area contributed by atoms with E-state index in [1.165, 1.54) is 13.2 Å². The summed E-state index contributed by atoms with van der Waals surface area (Å²) in [6.07, 6.45) is -4.48. The van der Waals surface area contributed by atoms with E-state index in [4.69, 9.17) is 10.00 Å². The van der Waals surface area contributed by atoms with Crippen LogP contribution in [0.2, 0.25) is 0 Å². The number of halogens is 3. The number of nitrogens with one attached hydrogen (secondary N) is 1. The average molecular weight is 238 g/mol. The van der Waals surface area contributed by atoms with E-state index < -0.39 is 18.6 Å². The molecule has 0 amide bonds. The highest BCUT2D eigenvalue weighted by molar-refractivity contribution is 4.90. The van der Waals surface area contributed by atoms with Gasteiger partial charge in [0.1, 0.15) is 0 Å². The smallest absolute Gasteiger partial charge is 0.383 e. The van der Waals surface area contributed by atoms with Crippen LogP contribution in [0.1, 0.15) is 13.8 Å². The van der Waals surface area contributed by atoms with Crippen molar-refractivity contribution in [2.75, 3.05) is 20.3 Å². The topological polar surface area (TPSA) is 45.0 Å². The number of alkyl halides is 3. The standard InChI is InChI=1S/C10H17F3N2O/c1-7(2)9(6-16-3)15-5-8(4-14)10(11,12)13/h7-9,15H,5-6H2,1-3H3. The molecule has 0 aliphatic carbocycles. The largest absolute Gasteiger partial charge is 0.405 e. The number of methoxy groups -OCH3 is 1. The Kier molecular flexibility index (Phi) is 6.38. The molecule has 0 heterocycles. The number of hydrogen-bond acceptors (Lipinski definition) is 3. The van der Waals surface area contributed by atoms with Gasteiger partial charge in [0.15, 0.2) is 5.92 Å². The summed E-state index contributed by atoms with van der Waals surface area (Å²) in [5.74, 6) is -1.82. The summed E-state index contributed by atoms with van der Waals surface area (Å²) < 4.78 is 41.7. The van der Waals surface area contributed by atoms with Gasteiger partial charge < -0.3 is 10.1 Å². The fourth-order valence-corrected chi connectivity index (χ4v) is 1.17. The highest BCUT2D eigenvalue weighted by Gasteiger charge is 2.39. The number of hydrogen-bond donors (Lipinski definition) is 1. The van der Waals surface area contributed by atoms with E-state index in [-0.39, 0.29) is 12.0 Å². The summed E-state index contributed by atoms with van der Waals surface area (Å²) in [4.78, 5) is 0. The van der Waals surface area contributed by atoms with Crippen LogP contribution in [0.15, 0.2) is 0 Å². The molecular weight excluding hydrogens is 221 g/mol. The highest BCUT2D eigenvalue weighted by Crippen LogP contribution is 2.25. The van der Waals surface area contributed by atoms with E-state index in [0.717, 1.165) is 0 Å². The second-order valence-corrected chi connectivity index (χ2v) is 3.94. The zero-order chi connectivity index (χ0) is 12.8. The lowest BCUT2D eigenvalue weighted by molar-refractivity contribution is -0.158. The van der Waals surface area contributed by atoms with E-state index in [2.05, 4.69) is 5.32 Å². The molecule has 2 unspecified atom stereocenters. The molecule has 0 bridgehead atoms. The summed E-state index contributed by atoms with van der Waals surface area (Å²) in [5, 5.41) is 11.1. The third-order valence-corrected chi connectivity index (χ3v) is 2.29. The van der Waals surface area contributed by atoms with Gasteiger partial charge in [0.25, 0.3) is 0 Å². The molecule has 0 aliphatic heterocycles. The number of nitrogens with zero attached hydrogens (tertiary/aromatic N) is 1. The van der Waals surface area contributed by atoms with Gasteiger partial charge >= 0.3 is 6.18 Å². The van der Waals surface area contributed by atoms with Crippen LogP contribution in [0.25, 0.3) is 0 Å². The minimum absolute atomic E-state index is 0.146. The molecular formula is C10H17F3N2O. The molecule has 0 saturated carbocycles. The monoisotopic (exact) mass is 238 g/mol. The summed E-state index contributed by atoms with van der Waals surface area (Å²) in [6, 6.07) is 1.07. The number of ether oxygens (including phenoxy) is 1. The van der Waals surface area contributed by atoms with Crippen molar-refractivity contribution in [2.24, 2.45) is 11.8 Å². The Balaban J connectivity index is 4.24. The molecule has 0 aromatic carbocycles. The van der Waals surface area contributed by atoms with Gasteiger partial charge in [-0.25, -0.2) is 0 Å². The van der Waals surface area contributed by atoms with Gasteiger partial charge in [-0.2, -0.15) is 18.4 Å². The van der Waals surface area contributed by atoms with E-state index in [1.54, 1.807) is 0 Å². The molecule has 0 rings (SSSR count). The maximum absolute atomic E-state index is 12.3. The normalized spacial score (nSPS) is 15.9. The fourth-order valence-electron chi connectivity index (χ4n) is 1.17. The van der Waals surface area contributed by atoms with E-state index in [0.29, 0.717) is 6.61 Å². The van der Waals surface area contributed by atoms with Crippen molar-refractivity contribution >= 4 is 0 Å². The first-order valence-electron chi connectivity index (χ1n) is 5.01. The van der Waals surface area contributed by atoms with Gasteiger partial charge in [-0.15, -0.1) is 0 Å². The Bertz CT molecular complexity index is 235. The van der Waals surface area contributed by atoms with Gasteiger partial charge in [-0.05, 0) is 5.92 Å². The lowest BCUT2D eigenvalue weighted by Crippen LogP contribution is -2.43. The van der Waals surface area contributed by atoms with Crippen LogP contribution < -0.4 is 5.32 Å². The van der Waals surface area contributed by atoms with Crippen LogP contribution in [0.5, 0.6) is 0 Å². The van der Waals surface area contributed by atoms with Crippen LogP contribution in [-0.2, 0) is 4.74 Å². The summed E-state index contributed by atoms with van der Waals surface area (Å²) >= 11 is 0. The molecule has 2 atom stereocenters. The number of rotatable bonds is 6. The Morgan fingerprint density at radius 3 is 2.25 bits per heavy atom. The van der Waals surface area contributed by atoms with Gasteiger partial charge in [-0.1, -0.05) is 13.8 Å². The van der Waals surface area contributed by atoms with Crippen molar-refractivity contribution in [3.8, 4) is 6.07 Å². The first-order chi connectivity index (χ1) is 7.32. The molecule has 0 aromatic heterocycles. The Morgan fingerprint density at radius 2 is 1.94 bits per heavy atom. The predicted molar refractivity (Wildman–Crippen MR) is 53.7 cm³/mol. The quantitative estimate of drug-likeness (QED) is 0.769. The van der Waals surface area contributed by atoms with Gasteiger partial charge in [0.05, 0.1) is 12.7 Å². The lowest BCUT2D eigenvalue weighted by Gasteiger charge is -2.23. The number of nitriles is 1. The van der Waals surface area contributed by atoms with Crippen LogP contribution in [-0.4, -0.2) is 32.5 Å². The third kappa shape index (κ3) is 5.33. The minimum atomic E-state index is -4.48. The Hall–Kier alpha value is -0.800. The summed E-state index contributed by atoms with van der Waals surface area (Å²) in [6.45, 7) is 3.69. The molecule has 0 spiro atoms. The molecule has 94 valence electrons. The van der Waals surface area contributed by atoms with Crippen molar-refractivity contribution in [1.29, 1.82) is 5.26 Å². The van der Waals surface area contributed by atoms with Crippen LogP contribution >= 0.6 is 0 Å². The van der Waals surface area contributed by atoms with Crippen molar-refractivity contribution in [2.45, 2.75) is 26.1 Å². The SMILES string of the molecule is COCC(NCC(C#N)C(F)(F)F)C(C)C. The van der Waals surface area contributed by atoms with E-state index in [1.807, 2.05) is 13.8 Å². The second kappa shape index (κ2) is 6.71. The Labute approximate surface area is 93.6 Å². The minimum Gasteiger partial charge on any atom is -0.383 e. The zero-order valence-electron chi connectivity index (χ0n) is 9.64. The maximum atomic E-state index is 12.3. The zero-order valence-corrected chi connectivity index (χ0v) is 9.64.